The van der Waals surface area contributed by atoms with Crippen LogP contribution in [0.2, 0.25) is 0 Å². The second-order valence-corrected chi connectivity index (χ2v) is 8.37. The zero-order valence-electron chi connectivity index (χ0n) is 16.6. The van der Waals surface area contributed by atoms with Gasteiger partial charge in [0, 0.05) is 36.1 Å². The molecule has 3 atom stereocenters. The van der Waals surface area contributed by atoms with Crippen molar-refractivity contribution in [3.05, 3.63) is 78.4 Å². The lowest BCUT2D eigenvalue weighted by Gasteiger charge is -2.31. The molecule has 2 aliphatic heterocycles. The molecule has 1 fully saturated rings. The Balaban J connectivity index is 1.52. The van der Waals surface area contributed by atoms with Crippen LogP contribution in [0.1, 0.15) is 36.7 Å². The third kappa shape index (κ3) is 3.21. The molecule has 148 valence electrons. The molecule has 0 saturated carbocycles. The maximum atomic E-state index is 5.29. The van der Waals surface area contributed by atoms with Gasteiger partial charge < -0.3 is 14.2 Å². The van der Waals surface area contributed by atoms with Gasteiger partial charge in [-0.2, -0.15) is 0 Å². The van der Waals surface area contributed by atoms with Crippen LogP contribution in [0.25, 0.3) is 5.69 Å². The highest BCUT2D eigenvalue weighted by Crippen LogP contribution is 2.48. The predicted octanol–water partition coefficient (Wildman–Crippen LogP) is 4.86. The standard InChI is InChI=1S/C23H24N4OS/c1-3-17-15-29-23-25-21(20-6-4-5-12-24-20)22(27(17)23)16-11-13-26(14-16)18-7-9-19(28-2)10-8-18/h4-14,17,21-22H,3,15H2,1-2H3/t17-,21-,22-/m1/s1. The number of ether oxygens (including phenoxy) is 1. The quantitative estimate of drug-likeness (QED) is 0.609. The van der Waals surface area contributed by atoms with Crippen LogP contribution in [0.15, 0.2) is 72.1 Å². The molecule has 0 spiro atoms. The van der Waals surface area contributed by atoms with E-state index in [4.69, 9.17) is 9.73 Å². The number of thioether (sulfide) groups is 1. The topological polar surface area (TPSA) is 42.6 Å². The Labute approximate surface area is 175 Å². The first-order chi connectivity index (χ1) is 14.3. The van der Waals surface area contributed by atoms with Crippen molar-refractivity contribution in [3.63, 3.8) is 0 Å². The van der Waals surface area contributed by atoms with Gasteiger partial charge >= 0.3 is 0 Å². The van der Waals surface area contributed by atoms with Crippen molar-refractivity contribution in [2.75, 3.05) is 12.9 Å². The fourth-order valence-electron chi connectivity index (χ4n) is 4.21. The van der Waals surface area contributed by atoms with Gasteiger partial charge in [0.1, 0.15) is 11.8 Å². The molecule has 1 saturated heterocycles. The Morgan fingerprint density at radius 3 is 2.72 bits per heavy atom. The number of methoxy groups -OCH3 is 1. The van der Waals surface area contributed by atoms with Crippen LogP contribution in [0, 0.1) is 0 Å². The highest BCUT2D eigenvalue weighted by Gasteiger charge is 2.45. The minimum absolute atomic E-state index is 0.0276. The lowest BCUT2D eigenvalue weighted by Crippen LogP contribution is -2.35. The summed E-state index contributed by atoms with van der Waals surface area (Å²) in [6.45, 7) is 2.27. The molecule has 0 radical (unpaired) electrons. The van der Waals surface area contributed by atoms with E-state index in [1.807, 2.05) is 36.2 Å². The number of hydrogen-bond donors (Lipinski definition) is 0. The SMILES string of the molecule is CC[C@@H]1CSC2=N[C@H](c3ccccn3)[C@@H](c3ccn(-c4ccc(OC)cc4)c3)N21. The molecule has 3 aromatic rings. The molecule has 0 aliphatic carbocycles. The van der Waals surface area contributed by atoms with Crippen LogP contribution in [-0.4, -0.2) is 38.5 Å². The average molecular weight is 405 g/mol. The lowest BCUT2D eigenvalue weighted by atomic mass is 9.97. The summed E-state index contributed by atoms with van der Waals surface area (Å²) < 4.78 is 7.46. The van der Waals surface area contributed by atoms with E-state index in [1.54, 1.807) is 7.11 Å². The Morgan fingerprint density at radius 2 is 2.00 bits per heavy atom. The summed E-state index contributed by atoms with van der Waals surface area (Å²) in [5, 5.41) is 1.16. The van der Waals surface area contributed by atoms with E-state index in [-0.39, 0.29) is 12.1 Å². The van der Waals surface area contributed by atoms with Gasteiger partial charge in [-0.25, -0.2) is 0 Å². The molecule has 1 aromatic carbocycles. The first kappa shape index (κ1) is 18.3. The van der Waals surface area contributed by atoms with E-state index < -0.39 is 0 Å². The summed E-state index contributed by atoms with van der Waals surface area (Å²) in [7, 11) is 1.69. The number of hydrogen-bond acceptors (Lipinski definition) is 5. The third-order valence-corrected chi connectivity index (χ3v) is 6.88. The number of aliphatic imine (C=N–C) groups is 1. The van der Waals surface area contributed by atoms with Crippen LogP contribution >= 0.6 is 11.8 Å². The van der Waals surface area contributed by atoms with Gasteiger partial charge in [0.15, 0.2) is 5.17 Å². The number of nitrogens with zero attached hydrogens (tertiary/aromatic N) is 4. The fourth-order valence-corrected chi connectivity index (χ4v) is 5.55. The second kappa shape index (κ2) is 7.59. The Bertz CT molecular complexity index is 1010. The van der Waals surface area contributed by atoms with Gasteiger partial charge in [-0.1, -0.05) is 24.8 Å². The monoisotopic (exact) mass is 404 g/mol. The van der Waals surface area contributed by atoms with E-state index in [2.05, 4.69) is 64.1 Å². The van der Waals surface area contributed by atoms with Crippen LogP contribution in [0.4, 0.5) is 0 Å². The molecule has 4 heterocycles. The van der Waals surface area contributed by atoms with E-state index >= 15 is 0 Å². The maximum Gasteiger partial charge on any atom is 0.160 e. The van der Waals surface area contributed by atoms with Crippen LogP contribution in [-0.2, 0) is 0 Å². The maximum absolute atomic E-state index is 5.29. The van der Waals surface area contributed by atoms with Crippen molar-refractivity contribution < 1.29 is 4.74 Å². The van der Waals surface area contributed by atoms with Crippen molar-refractivity contribution in [3.8, 4) is 11.4 Å². The molecular weight excluding hydrogens is 380 g/mol. The first-order valence-electron chi connectivity index (χ1n) is 10.0. The number of aromatic nitrogens is 2. The van der Waals surface area contributed by atoms with Gasteiger partial charge in [-0.05, 0) is 54.4 Å². The van der Waals surface area contributed by atoms with Crippen molar-refractivity contribution in [2.24, 2.45) is 4.99 Å². The van der Waals surface area contributed by atoms with Gasteiger partial charge in [0.2, 0.25) is 0 Å². The molecule has 0 bridgehead atoms. The van der Waals surface area contributed by atoms with Crippen LogP contribution < -0.4 is 4.74 Å². The van der Waals surface area contributed by atoms with E-state index in [1.165, 1.54) is 5.56 Å². The minimum atomic E-state index is 0.0276. The zero-order valence-corrected chi connectivity index (χ0v) is 17.4. The van der Waals surface area contributed by atoms with Crippen LogP contribution in [0.3, 0.4) is 0 Å². The Hall–Kier alpha value is -2.73. The first-order valence-corrected chi connectivity index (χ1v) is 11.0. The van der Waals surface area contributed by atoms with E-state index in [0.717, 1.165) is 34.5 Å². The number of benzene rings is 1. The lowest BCUT2D eigenvalue weighted by molar-refractivity contribution is 0.255. The predicted molar refractivity (Wildman–Crippen MR) is 118 cm³/mol. The molecule has 5 nitrogen and oxygen atoms in total. The smallest absolute Gasteiger partial charge is 0.160 e. The largest absolute Gasteiger partial charge is 0.497 e. The van der Waals surface area contributed by atoms with E-state index in [9.17, 15) is 0 Å². The zero-order chi connectivity index (χ0) is 19.8. The fraction of sp³-hybridized carbons (Fsp3) is 0.304. The molecule has 0 amide bonds. The summed E-state index contributed by atoms with van der Waals surface area (Å²) in [6.07, 6.45) is 7.35. The highest BCUT2D eigenvalue weighted by molar-refractivity contribution is 8.14. The number of fused-ring (bicyclic) bond motifs is 1. The van der Waals surface area contributed by atoms with Gasteiger partial charge in [-0.15, -0.1) is 0 Å². The summed E-state index contributed by atoms with van der Waals surface area (Å²) >= 11 is 1.88. The molecule has 6 heteroatoms. The van der Waals surface area contributed by atoms with Crippen LogP contribution in [0.5, 0.6) is 5.75 Å². The molecule has 0 unspecified atom stereocenters. The van der Waals surface area contributed by atoms with Crippen molar-refractivity contribution in [2.45, 2.75) is 31.5 Å². The second-order valence-electron chi connectivity index (χ2n) is 7.39. The Kier molecular flexibility index (Phi) is 4.79. The van der Waals surface area contributed by atoms with Crippen molar-refractivity contribution in [1.29, 1.82) is 0 Å². The van der Waals surface area contributed by atoms with Crippen molar-refractivity contribution >= 4 is 16.9 Å². The molecule has 2 aromatic heterocycles. The third-order valence-electron chi connectivity index (χ3n) is 5.76. The summed E-state index contributed by atoms with van der Waals surface area (Å²) in [4.78, 5) is 12.3. The number of rotatable bonds is 5. The molecule has 29 heavy (non-hydrogen) atoms. The number of pyridine rings is 1. The molecule has 5 rings (SSSR count). The van der Waals surface area contributed by atoms with E-state index in [0.29, 0.717) is 6.04 Å². The normalized spacial score (nSPS) is 23.2. The highest BCUT2D eigenvalue weighted by atomic mass is 32.2. The van der Waals surface area contributed by atoms with Crippen molar-refractivity contribution in [1.82, 2.24) is 14.5 Å². The van der Waals surface area contributed by atoms with Gasteiger partial charge in [0.05, 0.1) is 18.8 Å². The summed E-state index contributed by atoms with van der Waals surface area (Å²) in [6, 6.07) is 17.2. The Morgan fingerprint density at radius 1 is 1.14 bits per heavy atom. The molecule has 0 N–H and O–H groups in total. The summed E-state index contributed by atoms with van der Waals surface area (Å²) in [5.74, 6) is 1.98. The van der Waals surface area contributed by atoms with Gasteiger partial charge in [-0.3, -0.25) is 9.98 Å². The summed E-state index contributed by atoms with van der Waals surface area (Å²) in [5.41, 5.74) is 3.43. The average Bonchev–Trinajstić information content (AvgIpc) is 3.49. The number of amidine groups is 1. The minimum Gasteiger partial charge on any atom is -0.497 e. The molecular formula is C23H24N4OS. The molecule has 2 aliphatic rings. The van der Waals surface area contributed by atoms with Gasteiger partial charge in [0.25, 0.3) is 0 Å².